The summed E-state index contributed by atoms with van der Waals surface area (Å²) in [6.45, 7) is 5.36. The van der Waals surface area contributed by atoms with E-state index in [0.29, 0.717) is 19.0 Å². The first-order valence-corrected chi connectivity index (χ1v) is 7.12. The average molecular weight is 279 g/mol. The highest BCUT2D eigenvalue weighted by Gasteiger charge is 2.41. The number of likely N-dealkylation sites (tertiary alicyclic amines) is 1. The first-order chi connectivity index (χ1) is 9.40. The second-order valence-corrected chi connectivity index (χ2v) is 6.10. The van der Waals surface area contributed by atoms with Crippen LogP contribution in [-0.4, -0.2) is 35.1 Å². The molecule has 0 amide bonds. The fraction of sp³-hybridized carbons (Fsp3) is 0.562. The fourth-order valence-electron chi connectivity index (χ4n) is 2.80. The predicted octanol–water partition coefficient (Wildman–Crippen LogP) is 2.94. The summed E-state index contributed by atoms with van der Waals surface area (Å²) >= 11 is 0. The van der Waals surface area contributed by atoms with Crippen LogP contribution in [-0.2, 0) is 11.2 Å². The van der Waals surface area contributed by atoms with Crippen molar-refractivity contribution in [2.45, 2.75) is 39.2 Å². The molecule has 3 nitrogen and oxygen atoms in total. The molecular formula is C16H22FNO2. The zero-order chi connectivity index (χ0) is 14.8. The Hall–Kier alpha value is -1.42. The topological polar surface area (TPSA) is 40.5 Å². The molecule has 1 fully saturated rings. The molecule has 0 radical (unpaired) electrons. The first-order valence-electron chi connectivity index (χ1n) is 7.12. The van der Waals surface area contributed by atoms with Crippen LogP contribution in [0.2, 0.25) is 0 Å². The number of aryl methyl sites for hydroxylation is 1. The summed E-state index contributed by atoms with van der Waals surface area (Å²) in [5, 5.41) is 9.24. The van der Waals surface area contributed by atoms with Crippen molar-refractivity contribution >= 4 is 5.97 Å². The van der Waals surface area contributed by atoms with Crippen molar-refractivity contribution in [3.8, 4) is 0 Å². The number of hydrogen-bond acceptors (Lipinski definition) is 2. The molecule has 0 spiro atoms. The van der Waals surface area contributed by atoms with Gasteiger partial charge in [-0.2, -0.15) is 0 Å². The zero-order valence-corrected chi connectivity index (χ0v) is 12.1. The summed E-state index contributed by atoms with van der Waals surface area (Å²) in [7, 11) is 0. The Labute approximate surface area is 119 Å². The lowest BCUT2D eigenvalue weighted by Crippen LogP contribution is -2.36. The van der Waals surface area contributed by atoms with E-state index in [1.807, 2.05) is 13.0 Å². The van der Waals surface area contributed by atoms with E-state index in [1.165, 1.54) is 6.07 Å². The van der Waals surface area contributed by atoms with Crippen LogP contribution in [0, 0.1) is 11.2 Å². The monoisotopic (exact) mass is 279 g/mol. The van der Waals surface area contributed by atoms with Crippen molar-refractivity contribution in [2.75, 3.05) is 13.1 Å². The molecule has 20 heavy (non-hydrogen) atoms. The van der Waals surface area contributed by atoms with Gasteiger partial charge in [-0.05, 0) is 57.4 Å². The maximum Gasteiger partial charge on any atom is 0.310 e. The Morgan fingerprint density at radius 1 is 1.55 bits per heavy atom. The lowest BCUT2D eigenvalue weighted by molar-refractivity contribution is -0.147. The average Bonchev–Trinajstić information content (AvgIpc) is 2.80. The Bertz CT molecular complexity index is 491. The third-order valence-electron chi connectivity index (χ3n) is 4.38. The highest BCUT2D eigenvalue weighted by atomic mass is 19.1. The summed E-state index contributed by atoms with van der Waals surface area (Å²) in [4.78, 5) is 13.5. The smallest absolute Gasteiger partial charge is 0.310 e. The fourth-order valence-corrected chi connectivity index (χ4v) is 2.80. The molecule has 1 aliphatic heterocycles. The zero-order valence-electron chi connectivity index (χ0n) is 12.1. The number of benzene rings is 1. The normalized spacial score (nSPS) is 24.8. The highest BCUT2D eigenvalue weighted by molar-refractivity contribution is 5.74. The summed E-state index contributed by atoms with van der Waals surface area (Å²) < 4.78 is 13.1. The van der Waals surface area contributed by atoms with Crippen LogP contribution >= 0.6 is 0 Å². The number of nitrogens with zero attached hydrogens (tertiary/aromatic N) is 1. The number of carbonyl (C=O) groups is 1. The molecular weight excluding hydrogens is 257 g/mol. The van der Waals surface area contributed by atoms with Gasteiger partial charge in [-0.15, -0.1) is 0 Å². The molecule has 4 heteroatoms. The summed E-state index contributed by atoms with van der Waals surface area (Å²) in [5.41, 5.74) is 0.379. The molecule has 1 aliphatic rings. The summed E-state index contributed by atoms with van der Waals surface area (Å²) in [5.74, 6) is -0.910. The number of rotatable bonds is 5. The van der Waals surface area contributed by atoms with Crippen molar-refractivity contribution in [3.05, 3.63) is 35.6 Å². The van der Waals surface area contributed by atoms with E-state index >= 15 is 0 Å². The van der Waals surface area contributed by atoms with Gasteiger partial charge in [0, 0.05) is 12.6 Å². The van der Waals surface area contributed by atoms with E-state index in [9.17, 15) is 14.3 Å². The molecule has 2 unspecified atom stereocenters. The minimum Gasteiger partial charge on any atom is -0.481 e. The molecule has 0 saturated carbocycles. The van der Waals surface area contributed by atoms with E-state index in [1.54, 1.807) is 12.1 Å². The number of carboxylic acid groups (broad SMARTS) is 1. The van der Waals surface area contributed by atoms with E-state index in [0.717, 1.165) is 24.9 Å². The van der Waals surface area contributed by atoms with Crippen LogP contribution in [0.15, 0.2) is 24.3 Å². The standard InChI is InChI=1S/C16H22FNO2/c1-12(6-7-13-4-3-5-14(17)10-13)18-9-8-16(2,11-18)15(19)20/h3-5,10,12H,6-9,11H2,1-2H3,(H,19,20). The Morgan fingerprint density at radius 2 is 2.30 bits per heavy atom. The van der Waals surface area contributed by atoms with Gasteiger partial charge in [0.25, 0.3) is 0 Å². The number of aliphatic carboxylic acids is 1. The van der Waals surface area contributed by atoms with Gasteiger partial charge in [-0.1, -0.05) is 12.1 Å². The van der Waals surface area contributed by atoms with E-state index in [-0.39, 0.29) is 5.82 Å². The second-order valence-electron chi connectivity index (χ2n) is 6.10. The van der Waals surface area contributed by atoms with E-state index in [4.69, 9.17) is 0 Å². The molecule has 1 heterocycles. The lowest BCUT2D eigenvalue weighted by atomic mass is 9.90. The van der Waals surface area contributed by atoms with Crippen LogP contribution in [0.1, 0.15) is 32.3 Å². The van der Waals surface area contributed by atoms with Gasteiger partial charge in [-0.3, -0.25) is 9.69 Å². The van der Waals surface area contributed by atoms with Crippen LogP contribution in [0.3, 0.4) is 0 Å². The Balaban J connectivity index is 1.87. The molecule has 0 aliphatic carbocycles. The van der Waals surface area contributed by atoms with Gasteiger partial charge in [0.1, 0.15) is 5.82 Å². The van der Waals surface area contributed by atoms with Crippen molar-refractivity contribution in [2.24, 2.45) is 5.41 Å². The molecule has 110 valence electrons. The molecule has 1 aromatic rings. The number of carboxylic acids is 1. The highest BCUT2D eigenvalue weighted by Crippen LogP contribution is 2.32. The molecule has 1 saturated heterocycles. The SMILES string of the molecule is CC(CCc1cccc(F)c1)N1CCC(C)(C(=O)O)C1. The van der Waals surface area contributed by atoms with Gasteiger partial charge < -0.3 is 5.11 Å². The third kappa shape index (κ3) is 3.37. The molecule has 1 aromatic carbocycles. The van der Waals surface area contributed by atoms with Crippen molar-refractivity contribution in [1.82, 2.24) is 4.90 Å². The van der Waals surface area contributed by atoms with Crippen LogP contribution in [0.5, 0.6) is 0 Å². The van der Waals surface area contributed by atoms with Crippen LogP contribution < -0.4 is 0 Å². The predicted molar refractivity (Wildman–Crippen MR) is 76.1 cm³/mol. The lowest BCUT2D eigenvalue weighted by Gasteiger charge is -2.26. The quantitative estimate of drug-likeness (QED) is 0.901. The molecule has 2 atom stereocenters. The number of hydrogen-bond donors (Lipinski definition) is 1. The van der Waals surface area contributed by atoms with Crippen LogP contribution in [0.25, 0.3) is 0 Å². The first kappa shape index (κ1) is 15.0. The van der Waals surface area contributed by atoms with Gasteiger partial charge in [0.05, 0.1) is 5.41 Å². The van der Waals surface area contributed by atoms with Crippen LogP contribution in [0.4, 0.5) is 4.39 Å². The molecule has 0 bridgehead atoms. The van der Waals surface area contributed by atoms with Gasteiger partial charge in [-0.25, -0.2) is 4.39 Å². The van der Waals surface area contributed by atoms with E-state index in [2.05, 4.69) is 11.8 Å². The minimum atomic E-state index is -0.711. The number of halogens is 1. The van der Waals surface area contributed by atoms with Crippen molar-refractivity contribution < 1.29 is 14.3 Å². The van der Waals surface area contributed by atoms with Gasteiger partial charge in [0.2, 0.25) is 0 Å². The minimum absolute atomic E-state index is 0.199. The maximum atomic E-state index is 13.1. The third-order valence-corrected chi connectivity index (χ3v) is 4.38. The maximum absolute atomic E-state index is 13.1. The van der Waals surface area contributed by atoms with Gasteiger partial charge >= 0.3 is 5.97 Å². The second kappa shape index (κ2) is 5.92. The van der Waals surface area contributed by atoms with E-state index < -0.39 is 11.4 Å². The molecule has 0 aromatic heterocycles. The Kier molecular flexibility index (Phi) is 4.43. The molecule has 2 rings (SSSR count). The van der Waals surface area contributed by atoms with Crippen molar-refractivity contribution in [1.29, 1.82) is 0 Å². The largest absolute Gasteiger partial charge is 0.481 e. The van der Waals surface area contributed by atoms with Gasteiger partial charge in [0.15, 0.2) is 0 Å². The summed E-state index contributed by atoms with van der Waals surface area (Å²) in [6.07, 6.45) is 2.44. The Morgan fingerprint density at radius 3 is 2.90 bits per heavy atom. The molecule has 1 N–H and O–H groups in total. The summed E-state index contributed by atoms with van der Waals surface area (Å²) in [6, 6.07) is 7.00. The van der Waals surface area contributed by atoms with Crippen molar-refractivity contribution in [3.63, 3.8) is 0 Å².